The Kier molecular flexibility index (Phi) is 6.74. The normalized spacial score (nSPS) is 11.4. The number of hydrogen-bond donors (Lipinski definition) is 1. The quantitative estimate of drug-likeness (QED) is 0.516. The van der Waals surface area contributed by atoms with Crippen LogP contribution in [0.15, 0.2) is 35.7 Å². The molecule has 2 aromatic heterocycles. The number of aryl methyl sites for hydroxylation is 1. The van der Waals surface area contributed by atoms with Crippen molar-refractivity contribution in [2.24, 2.45) is 0 Å². The number of H-pyrrole nitrogens is 1. The predicted molar refractivity (Wildman–Crippen MR) is 108 cm³/mol. The number of aromatic amines is 1. The molecule has 11 heteroatoms. The van der Waals surface area contributed by atoms with E-state index < -0.39 is 23.6 Å². The second-order valence-corrected chi connectivity index (χ2v) is 7.47. The first kappa shape index (κ1) is 22.5. The van der Waals surface area contributed by atoms with Gasteiger partial charge in [0.15, 0.2) is 10.8 Å². The van der Waals surface area contributed by atoms with E-state index >= 15 is 0 Å². The van der Waals surface area contributed by atoms with Crippen molar-refractivity contribution < 1.29 is 27.5 Å². The number of carbonyl (C=O) groups is 2. The molecule has 0 saturated heterocycles. The van der Waals surface area contributed by atoms with Gasteiger partial charge in [-0.1, -0.05) is 19.4 Å². The summed E-state index contributed by atoms with van der Waals surface area (Å²) in [5.41, 5.74) is 0.497. The molecule has 3 aromatic rings. The number of esters is 1. The lowest BCUT2D eigenvalue weighted by atomic mass is 10.2. The largest absolute Gasteiger partial charge is 0.454 e. The molecule has 0 unspecified atom stereocenters. The molecule has 1 amide bonds. The molecule has 0 bridgehead atoms. The molecule has 0 aliphatic heterocycles. The van der Waals surface area contributed by atoms with Crippen LogP contribution >= 0.6 is 11.3 Å². The van der Waals surface area contributed by atoms with Crippen LogP contribution in [0.25, 0.3) is 0 Å². The van der Waals surface area contributed by atoms with Crippen LogP contribution in [0.3, 0.4) is 0 Å². The van der Waals surface area contributed by atoms with Crippen molar-refractivity contribution >= 4 is 34.0 Å². The van der Waals surface area contributed by atoms with Gasteiger partial charge in [0.2, 0.25) is 5.91 Å². The summed E-state index contributed by atoms with van der Waals surface area (Å²) in [5, 5.41) is 8.41. The number of anilines is 2. The van der Waals surface area contributed by atoms with Crippen molar-refractivity contribution in [2.75, 3.05) is 4.90 Å². The Morgan fingerprint density at radius 2 is 2.03 bits per heavy atom. The van der Waals surface area contributed by atoms with Gasteiger partial charge >= 0.3 is 12.1 Å². The van der Waals surface area contributed by atoms with Gasteiger partial charge in [-0.05, 0) is 30.7 Å². The van der Waals surface area contributed by atoms with Crippen LogP contribution in [0.4, 0.5) is 24.0 Å². The predicted octanol–water partition coefficient (Wildman–Crippen LogP) is 4.88. The smallest absolute Gasteiger partial charge is 0.416 e. The highest BCUT2D eigenvalue weighted by Crippen LogP contribution is 2.35. The first-order chi connectivity index (χ1) is 14.7. The van der Waals surface area contributed by atoms with E-state index in [0.29, 0.717) is 5.69 Å². The van der Waals surface area contributed by atoms with Gasteiger partial charge in [-0.2, -0.15) is 18.3 Å². The average Bonchev–Trinajstić information content (AvgIpc) is 3.36. The van der Waals surface area contributed by atoms with Crippen LogP contribution in [0.1, 0.15) is 47.7 Å². The van der Waals surface area contributed by atoms with Crippen LogP contribution in [0, 0.1) is 0 Å². The van der Waals surface area contributed by atoms with Gasteiger partial charge in [0.05, 0.1) is 16.9 Å². The van der Waals surface area contributed by atoms with E-state index in [9.17, 15) is 22.8 Å². The van der Waals surface area contributed by atoms with Crippen molar-refractivity contribution in [3.63, 3.8) is 0 Å². The Hall–Kier alpha value is -3.21. The maximum absolute atomic E-state index is 13.0. The molecule has 0 fully saturated rings. The number of benzene rings is 1. The third kappa shape index (κ3) is 5.48. The lowest BCUT2D eigenvalue weighted by Gasteiger charge is -2.19. The number of nitrogens with zero attached hydrogens (tertiary/aromatic N) is 3. The van der Waals surface area contributed by atoms with Crippen LogP contribution in [-0.4, -0.2) is 27.1 Å². The molecular weight excluding hydrogens is 433 g/mol. The van der Waals surface area contributed by atoms with Crippen molar-refractivity contribution in [1.29, 1.82) is 0 Å². The Balaban J connectivity index is 1.73. The number of thiazole rings is 1. The van der Waals surface area contributed by atoms with Gasteiger partial charge in [-0.15, -0.1) is 11.3 Å². The number of rotatable bonds is 7. The zero-order valence-corrected chi connectivity index (χ0v) is 17.5. The van der Waals surface area contributed by atoms with Crippen LogP contribution in [0.2, 0.25) is 0 Å². The van der Waals surface area contributed by atoms with Crippen molar-refractivity contribution in [3.05, 3.63) is 58.4 Å². The fraction of sp³-hybridized carbons (Fsp3) is 0.300. The molecule has 1 aromatic carbocycles. The lowest BCUT2D eigenvalue weighted by Crippen LogP contribution is -2.23. The van der Waals surface area contributed by atoms with Gasteiger partial charge < -0.3 is 4.74 Å². The number of alkyl halides is 3. The zero-order valence-electron chi connectivity index (χ0n) is 16.7. The topological polar surface area (TPSA) is 88.2 Å². The molecule has 0 radical (unpaired) electrons. The van der Waals surface area contributed by atoms with E-state index in [1.54, 1.807) is 11.4 Å². The van der Waals surface area contributed by atoms with Gasteiger partial charge in [-0.3, -0.25) is 14.8 Å². The van der Waals surface area contributed by atoms with E-state index in [4.69, 9.17) is 4.74 Å². The summed E-state index contributed by atoms with van der Waals surface area (Å²) in [5.74, 6) is -1.13. The molecule has 3 rings (SSSR count). The van der Waals surface area contributed by atoms with Crippen LogP contribution in [-0.2, 0) is 28.7 Å². The Bertz CT molecular complexity index is 1080. The SMILES string of the molecule is CCCc1cc(C(=O)OCc2csc(N(C(C)=O)c3cccc(C(F)(F)F)c3)n2)n[nH]1. The molecule has 0 atom stereocenters. The first-order valence-corrected chi connectivity index (χ1v) is 10.2. The monoisotopic (exact) mass is 452 g/mol. The Morgan fingerprint density at radius 3 is 2.71 bits per heavy atom. The molecule has 0 aliphatic carbocycles. The second kappa shape index (κ2) is 9.29. The fourth-order valence-corrected chi connectivity index (χ4v) is 3.66. The number of ether oxygens (including phenoxy) is 1. The number of carbonyl (C=O) groups excluding carboxylic acids is 2. The number of aromatic nitrogens is 3. The minimum absolute atomic E-state index is 0.0418. The molecule has 164 valence electrons. The molecular formula is C20H19F3N4O3S. The minimum atomic E-state index is -4.54. The maximum atomic E-state index is 13.0. The van der Waals surface area contributed by atoms with Gasteiger partial charge in [-0.25, -0.2) is 9.78 Å². The molecule has 7 nitrogen and oxygen atoms in total. The second-order valence-electron chi connectivity index (χ2n) is 6.63. The van der Waals surface area contributed by atoms with Crippen molar-refractivity contribution in [1.82, 2.24) is 15.2 Å². The summed E-state index contributed by atoms with van der Waals surface area (Å²) in [7, 11) is 0. The third-order valence-corrected chi connectivity index (χ3v) is 5.06. The van der Waals surface area contributed by atoms with Gasteiger partial charge in [0.25, 0.3) is 0 Å². The van der Waals surface area contributed by atoms with Gasteiger partial charge in [0.1, 0.15) is 6.61 Å². The minimum Gasteiger partial charge on any atom is -0.454 e. The number of hydrogen-bond acceptors (Lipinski definition) is 6. The molecule has 1 N–H and O–H groups in total. The molecule has 0 saturated carbocycles. The van der Waals surface area contributed by atoms with Crippen LogP contribution in [0.5, 0.6) is 0 Å². The summed E-state index contributed by atoms with van der Waals surface area (Å²) in [6, 6.07) is 6.04. The maximum Gasteiger partial charge on any atom is 0.416 e. The highest BCUT2D eigenvalue weighted by atomic mass is 32.1. The lowest BCUT2D eigenvalue weighted by molar-refractivity contribution is -0.137. The van der Waals surface area contributed by atoms with E-state index in [-0.39, 0.29) is 23.1 Å². The summed E-state index contributed by atoms with van der Waals surface area (Å²) < 4.78 is 44.3. The van der Waals surface area contributed by atoms with Crippen molar-refractivity contribution in [2.45, 2.75) is 39.5 Å². The van der Waals surface area contributed by atoms with Crippen molar-refractivity contribution in [3.8, 4) is 0 Å². The standard InChI is InChI=1S/C20H19F3N4O3S/c1-3-5-14-9-17(26-25-14)18(29)30-10-15-11-31-19(24-15)27(12(2)28)16-7-4-6-13(8-16)20(21,22)23/h4,6-9,11H,3,5,10H2,1-2H3,(H,25,26). The molecule has 31 heavy (non-hydrogen) atoms. The average molecular weight is 452 g/mol. The number of halogens is 3. The molecule has 0 aliphatic rings. The third-order valence-electron chi connectivity index (χ3n) is 4.19. The van der Waals surface area contributed by atoms with Gasteiger partial charge in [0, 0.05) is 18.0 Å². The fourth-order valence-electron chi connectivity index (χ4n) is 2.79. The Morgan fingerprint density at radius 1 is 1.26 bits per heavy atom. The summed E-state index contributed by atoms with van der Waals surface area (Å²) >= 11 is 1.05. The first-order valence-electron chi connectivity index (χ1n) is 9.32. The van der Waals surface area contributed by atoms with E-state index in [0.717, 1.165) is 46.9 Å². The number of nitrogens with one attached hydrogen (secondary N) is 1. The summed E-state index contributed by atoms with van der Waals surface area (Å²) in [6.07, 6.45) is -2.88. The highest BCUT2D eigenvalue weighted by Gasteiger charge is 2.31. The van der Waals surface area contributed by atoms with E-state index in [1.807, 2.05) is 6.92 Å². The van der Waals surface area contributed by atoms with E-state index in [2.05, 4.69) is 15.2 Å². The Labute approximate surface area is 179 Å². The van der Waals surface area contributed by atoms with Crippen LogP contribution < -0.4 is 4.90 Å². The number of amides is 1. The summed E-state index contributed by atoms with van der Waals surface area (Å²) in [6.45, 7) is 3.06. The summed E-state index contributed by atoms with van der Waals surface area (Å²) in [4.78, 5) is 29.6. The van der Waals surface area contributed by atoms with E-state index in [1.165, 1.54) is 19.1 Å². The molecule has 0 spiro atoms. The zero-order chi connectivity index (χ0) is 22.6. The molecule has 2 heterocycles. The highest BCUT2D eigenvalue weighted by molar-refractivity contribution is 7.14.